The van der Waals surface area contributed by atoms with E-state index in [2.05, 4.69) is 46.3 Å². The summed E-state index contributed by atoms with van der Waals surface area (Å²) in [4.78, 5) is 29.9. The third kappa shape index (κ3) is 5.20. The summed E-state index contributed by atoms with van der Waals surface area (Å²) in [5, 5.41) is 13.1. The molecule has 2 amide bonds. The number of β-amino-alcohol motifs (C(OH)–C–C–N with tert-alkyl or cyclic N) is 1. The van der Waals surface area contributed by atoms with Crippen LogP contribution in [0.4, 0.5) is 5.69 Å². The number of hydrogen-bond acceptors (Lipinski definition) is 5. The topological polar surface area (TPSA) is 76.1 Å². The summed E-state index contributed by atoms with van der Waals surface area (Å²) in [5.41, 5.74) is 2.49. The normalized spacial score (nSPS) is 24.0. The fourth-order valence-electron chi connectivity index (χ4n) is 3.83. The van der Waals surface area contributed by atoms with Crippen molar-refractivity contribution in [1.29, 1.82) is 0 Å². The number of aliphatic hydroxyl groups excluding tert-OH is 1. The molecule has 0 saturated carbocycles. The molecule has 2 saturated heterocycles. The maximum atomic E-state index is 12.4. The summed E-state index contributed by atoms with van der Waals surface area (Å²) >= 11 is 0. The molecule has 1 aromatic rings. The van der Waals surface area contributed by atoms with Crippen molar-refractivity contribution in [3.63, 3.8) is 0 Å². The van der Waals surface area contributed by atoms with Crippen molar-refractivity contribution in [3.8, 4) is 0 Å². The smallest absolute Gasteiger partial charge is 0.234 e. The summed E-state index contributed by atoms with van der Waals surface area (Å²) in [6.07, 6.45) is -0.113. The van der Waals surface area contributed by atoms with Gasteiger partial charge < -0.3 is 20.2 Å². The van der Waals surface area contributed by atoms with Crippen LogP contribution in [0, 0.1) is 6.92 Å². The van der Waals surface area contributed by atoms with E-state index in [1.807, 2.05) is 0 Å². The number of nitrogens with zero attached hydrogens (tertiary/aromatic N) is 3. The number of likely N-dealkylation sites (tertiary alicyclic amines) is 1. The molecule has 1 aromatic carbocycles. The van der Waals surface area contributed by atoms with Gasteiger partial charge in [0, 0.05) is 51.9 Å². The first-order valence-corrected chi connectivity index (χ1v) is 9.69. The van der Waals surface area contributed by atoms with E-state index in [1.54, 1.807) is 4.90 Å². The van der Waals surface area contributed by atoms with Crippen LogP contribution in [0.25, 0.3) is 0 Å². The largest absolute Gasteiger partial charge is 0.389 e. The van der Waals surface area contributed by atoms with Crippen molar-refractivity contribution in [3.05, 3.63) is 29.8 Å². The van der Waals surface area contributed by atoms with E-state index in [4.69, 9.17) is 0 Å². The lowest BCUT2D eigenvalue weighted by atomic mass is 10.0. The average molecular weight is 374 g/mol. The highest BCUT2D eigenvalue weighted by Crippen LogP contribution is 2.18. The zero-order chi connectivity index (χ0) is 19.4. The van der Waals surface area contributed by atoms with Gasteiger partial charge in [-0.05, 0) is 31.0 Å². The Kier molecular flexibility index (Phi) is 6.34. The summed E-state index contributed by atoms with van der Waals surface area (Å²) in [7, 11) is 0. The van der Waals surface area contributed by atoms with Crippen molar-refractivity contribution < 1.29 is 14.7 Å². The lowest BCUT2D eigenvalue weighted by molar-refractivity contribution is -0.133. The van der Waals surface area contributed by atoms with E-state index < -0.39 is 6.10 Å². The molecule has 148 valence electrons. The highest BCUT2D eigenvalue weighted by molar-refractivity contribution is 5.78. The number of piperidine rings is 1. The molecule has 2 N–H and O–H groups in total. The Morgan fingerprint density at radius 2 is 1.93 bits per heavy atom. The minimum Gasteiger partial charge on any atom is -0.389 e. The van der Waals surface area contributed by atoms with Crippen LogP contribution < -0.4 is 10.2 Å². The van der Waals surface area contributed by atoms with E-state index in [1.165, 1.54) is 18.2 Å². The Balaban J connectivity index is 1.43. The molecular formula is C20H30N4O3. The molecule has 0 unspecified atom stereocenters. The van der Waals surface area contributed by atoms with Crippen LogP contribution in [0.5, 0.6) is 0 Å². The summed E-state index contributed by atoms with van der Waals surface area (Å²) in [6, 6.07) is 8.22. The molecule has 2 atom stereocenters. The first kappa shape index (κ1) is 19.6. The Hall–Kier alpha value is -2.12. The summed E-state index contributed by atoms with van der Waals surface area (Å²) in [6.45, 7) is 8.29. The molecule has 0 aromatic heterocycles. The van der Waals surface area contributed by atoms with Crippen LogP contribution in [-0.2, 0) is 9.59 Å². The zero-order valence-electron chi connectivity index (χ0n) is 16.2. The predicted octanol–water partition coefficient (Wildman–Crippen LogP) is 0.215. The van der Waals surface area contributed by atoms with Gasteiger partial charge in [0.25, 0.3) is 0 Å². The van der Waals surface area contributed by atoms with Gasteiger partial charge in [-0.25, -0.2) is 0 Å². The molecule has 0 spiro atoms. The second-order valence-electron chi connectivity index (χ2n) is 7.60. The van der Waals surface area contributed by atoms with E-state index in [0.29, 0.717) is 19.5 Å². The van der Waals surface area contributed by atoms with Gasteiger partial charge in [0.05, 0.1) is 18.7 Å². The Morgan fingerprint density at radius 3 is 2.56 bits per heavy atom. The molecule has 7 nitrogen and oxygen atoms in total. The lowest BCUT2D eigenvalue weighted by Gasteiger charge is -2.37. The molecule has 2 aliphatic heterocycles. The lowest BCUT2D eigenvalue weighted by Crippen LogP contribution is -2.57. The van der Waals surface area contributed by atoms with Crippen LogP contribution in [-0.4, -0.2) is 84.7 Å². The van der Waals surface area contributed by atoms with Gasteiger partial charge in [-0.15, -0.1) is 0 Å². The summed E-state index contributed by atoms with van der Waals surface area (Å²) < 4.78 is 0. The maximum Gasteiger partial charge on any atom is 0.234 e. The number of anilines is 1. The average Bonchev–Trinajstić information content (AvgIpc) is 2.64. The fraction of sp³-hybridized carbons (Fsp3) is 0.600. The number of rotatable bonds is 4. The van der Waals surface area contributed by atoms with Gasteiger partial charge in [0.1, 0.15) is 0 Å². The highest BCUT2D eigenvalue weighted by atomic mass is 16.3. The van der Waals surface area contributed by atoms with Crippen molar-refractivity contribution in [1.82, 2.24) is 15.1 Å². The number of carbonyl (C=O) groups is 2. The van der Waals surface area contributed by atoms with Crippen molar-refractivity contribution in [2.45, 2.75) is 32.4 Å². The SMILES string of the molecule is CC(=O)N1CC[C@@H](NC(=O)CN2CCN(c3cccc(C)c3)CC2)[C@H](O)C1. The zero-order valence-corrected chi connectivity index (χ0v) is 16.2. The number of amides is 2. The Morgan fingerprint density at radius 1 is 1.19 bits per heavy atom. The molecule has 7 heteroatoms. The molecule has 3 rings (SSSR count). The van der Waals surface area contributed by atoms with Crippen LogP contribution >= 0.6 is 0 Å². The predicted molar refractivity (Wildman–Crippen MR) is 105 cm³/mol. The highest BCUT2D eigenvalue weighted by Gasteiger charge is 2.30. The molecule has 27 heavy (non-hydrogen) atoms. The number of benzene rings is 1. The van der Waals surface area contributed by atoms with Gasteiger partial charge in [0.2, 0.25) is 11.8 Å². The van der Waals surface area contributed by atoms with E-state index in [9.17, 15) is 14.7 Å². The minimum absolute atomic E-state index is 0.0368. The number of aryl methyl sites for hydroxylation is 1. The molecule has 2 fully saturated rings. The van der Waals surface area contributed by atoms with Crippen LogP contribution in [0.3, 0.4) is 0 Å². The molecule has 2 heterocycles. The van der Waals surface area contributed by atoms with Crippen LogP contribution in [0.15, 0.2) is 24.3 Å². The molecule has 0 aliphatic carbocycles. The number of nitrogens with one attached hydrogen (secondary N) is 1. The second-order valence-corrected chi connectivity index (χ2v) is 7.60. The van der Waals surface area contributed by atoms with Gasteiger partial charge in [-0.3, -0.25) is 14.5 Å². The maximum absolute atomic E-state index is 12.4. The third-order valence-corrected chi connectivity index (χ3v) is 5.48. The fourth-order valence-corrected chi connectivity index (χ4v) is 3.83. The van der Waals surface area contributed by atoms with Gasteiger partial charge >= 0.3 is 0 Å². The third-order valence-electron chi connectivity index (χ3n) is 5.48. The Labute approximate surface area is 160 Å². The number of hydrogen-bond donors (Lipinski definition) is 2. The van der Waals surface area contributed by atoms with Gasteiger partial charge in [-0.2, -0.15) is 0 Å². The van der Waals surface area contributed by atoms with E-state index in [-0.39, 0.29) is 24.4 Å². The van der Waals surface area contributed by atoms with Gasteiger partial charge in [-0.1, -0.05) is 12.1 Å². The first-order chi connectivity index (χ1) is 12.9. The standard InChI is InChI=1S/C20H30N4O3/c1-15-4-3-5-17(12-15)23-10-8-22(9-11-23)14-20(27)21-18-6-7-24(16(2)25)13-19(18)26/h3-5,12,18-19,26H,6-11,13-14H2,1-2H3,(H,21,27)/t18-,19-/m1/s1. The monoisotopic (exact) mass is 374 g/mol. The minimum atomic E-state index is -0.704. The molecule has 0 bridgehead atoms. The number of aliphatic hydroxyl groups is 1. The second kappa shape index (κ2) is 8.71. The van der Waals surface area contributed by atoms with E-state index in [0.717, 1.165) is 26.2 Å². The van der Waals surface area contributed by atoms with Gasteiger partial charge in [0.15, 0.2) is 0 Å². The molecular weight excluding hydrogens is 344 g/mol. The first-order valence-electron chi connectivity index (χ1n) is 9.69. The Bertz CT molecular complexity index is 673. The quantitative estimate of drug-likeness (QED) is 0.788. The molecule has 2 aliphatic rings. The molecule has 0 radical (unpaired) electrons. The van der Waals surface area contributed by atoms with E-state index >= 15 is 0 Å². The number of carbonyl (C=O) groups excluding carboxylic acids is 2. The van der Waals surface area contributed by atoms with Crippen molar-refractivity contribution in [2.75, 3.05) is 50.7 Å². The van der Waals surface area contributed by atoms with Crippen molar-refractivity contribution >= 4 is 17.5 Å². The van der Waals surface area contributed by atoms with Crippen molar-refractivity contribution in [2.24, 2.45) is 0 Å². The van der Waals surface area contributed by atoms with Crippen LogP contribution in [0.1, 0.15) is 18.9 Å². The summed E-state index contributed by atoms with van der Waals surface area (Å²) in [5.74, 6) is -0.0929. The van der Waals surface area contributed by atoms with Crippen LogP contribution in [0.2, 0.25) is 0 Å². The number of piperazine rings is 1.